The fraction of sp³-hybridized carbons (Fsp3) is 0.889. The summed E-state index contributed by atoms with van der Waals surface area (Å²) in [6.07, 6.45) is 0.968. The van der Waals surface area contributed by atoms with Crippen LogP contribution in [0.1, 0.15) is 13.8 Å². The number of ether oxygens (including phenoxy) is 1. The predicted molar refractivity (Wildman–Crippen MR) is 65.4 cm³/mol. The van der Waals surface area contributed by atoms with Gasteiger partial charge in [0.15, 0.2) is 0 Å². The minimum Gasteiger partial charge on any atom is -0.473 e. The van der Waals surface area contributed by atoms with Crippen molar-refractivity contribution in [1.29, 1.82) is 0 Å². The molecule has 0 aromatic rings. The van der Waals surface area contributed by atoms with Crippen molar-refractivity contribution >= 4 is 25.1 Å². The zero-order chi connectivity index (χ0) is 10.3. The highest BCUT2D eigenvalue weighted by Gasteiger charge is 2.12. The third-order valence-electron chi connectivity index (χ3n) is 1.22. The lowest BCUT2D eigenvalue weighted by Crippen LogP contribution is -2.25. The van der Waals surface area contributed by atoms with Crippen molar-refractivity contribution in [3.05, 3.63) is 0 Å². The van der Waals surface area contributed by atoms with Gasteiger partial charge >= 0.3 is 0 Å². The van der Waals surface area contributed by atoms with E-state index in [-0.39, 0.29) is 0 Å². The molecule has 0 spiro atoms. The summed E-state index contributed by atoms with van der Waals surface area (Å²) in [5.74, 6) is 1.03. The summed E-state index contributed by atoms with van der Waals surface area (Å²) in [6, 6.07) is 0. The zero-order valence-corrected chi connectivity index (χ0v) is 11.2. The molecule has 0 aliphatic rings. The Kier molecular flexibility index (Phi) is 6.50. The molecular weight excluding hydrogens is 198 g/mol. The van der Waals surface area contributed by atoms with Crippen LogP contribution in [-0.4, -0.2) is 31.8 Å². The van der Waals surface area contributed by atoms with Crippen LogP contribution in [0.3, 0.4) is 0 Å². The second-order valence-corrected chi connectivity index (χ2v) is 10.7. The lowest BCUT2D eigenvalue weighted by Gasteiger charge is -2.13. The first kappa shape index (κ1) is 13.0. The smallest absolute Gasteiger partial charge is 0.245 e. The quantitative estimate of drug-likeness (QED) is 0.412. The van der Waals surface area contributed by atoms with Gasteiger partial charge in [-0.25, -0.2) is 4.99 Å². The van der Waals surface area contributed by atoms with Crippen LogP contribution < -0.4 is 0 Å². The first-order chi connectivity index (χ1) is 5.99. The largest absolute Gasteiger partial charge is 0.473 e. The van der Waals surface area contributed by atoms with Gasteiger partial charge in [0.1, 0.15) is 0 Å². The van der Waals surface area contributed by atoms with E-state index in [1.54, 1.807) is 11.8 Å². The molecule has 0 N–H and O–H groups in total. The Labute approximate surface area is 87.2 Å². The fourth-order valence-electron chi connectivity index (χ4n) is 0.682. The highest BCUT2D eigenvalue weighted by atomic mass is 32.2. The SMILES string of the molecule is CCO/C(=N\C[Si](C)(C)C)SCC. The highest BCUT2D eigenvalue weighted by molar-refractivity contribution is 8.13. The van der Waals surface area contributed by atoms with Crippen LogP contribution in [-0.2, 0) is 4.74 Å². The summed E-state index contributed by atoms with van der Waals surface area (Å²) in [5.41, 5.74) is 0. The van der Waals surface area contributed by atoms with E-state index in [2.05, 4.69) is 31.6 Å². The first-order valence-electron chi connectivity index (χ1n) is 4.79. The van der Waals surface area contributed by atoms with Gasteiger partial charge in [0.2, 0.25) is 5.23 Å². The number of thioether (sulfide) groups is 1. The van der Waals surface area contributed by atoms with Gasteiger partial charge in [-0.15, -0.1) is 0 Å². The monoisotopic (exact) mass is 219 g/mol. The van der Waals surface area contributed by atoms with Crippen molar-refractivity contribution in [1.82, 2.24) is 0 Å². The maximum absolute atomic E-state index is 5.41. The first-order valence-corrected chi connectivity index (χ1v) is 9.49. The van der Waals surface area contributed by atoms with E-state index in [0.29, 0.717) is 0 Å². The topological polar surface area (TPSA) is 21.6 Å². The number of hydrogen-bond acceptors (Lipinski definition) is 3. The van der Waals surface area contributed by atoms with Crippen molar-refractivity contribution in [3.63, 3.8) is 0 Å². The van der Waals surface area contributed by atoms with Crippen molar-refractivity contribution in [3.8, 4) is 0 Å². The number of aliphatic imine (C=N–C) groups is 1. The van der Waals surface area contributed by atoms with Gasteiger partial charge in [-0.05, 0) is 12.7 Å². The average molecular weight is 219 g/mol. The normalized spacial score (nSPS) is 13.2. The van der Waals surface area contributed by atoms with Crippen LogP contribution >= 0.6 is 11.8 Å². The minimum atomic E-state index is -1.06. The van der Waals surface area contributed by atoms with Crippen molar-refractivity contribution in [2.45, 2.75) is 33.5 Å². The molecule has 78 valence electrons. The Morgan fingerprint density at radius 1 is 1.31 bits per heavy atom. The van der Waals surface area contributed by atoms with E-state index in [0.717, 1.165) is 23.8 Å². The highest BCUT2D eigenvalue weighted by Crippen LogP contribution is 2.08. The fourth-order valence-corrected chi connectivity index (χ4v) is 2.02. The number of nitrogens with zero attached hydrogens (tertiary/aromatic N) is 1. The number of rotatable bonds is 4. The van der Waals surface area contributed by atoms with Gasteiger partial charge in [0, 0.05) is 6.17 Å². The second-order valence-electron chi connectivity index (χ2n) is 4.01. The van der Waals surface area contributed by atoms with E-state index in [4.69, 9.17) is 4.74 Å². The van der Waals surface area contributed by atoms with Crippen LogP contribution in [0.4, 0.5) is 0 Å². The summed E-state index contributed by atoms with van der Waals surface area (Å²) in [5, 5.41) is 0.868. The van der Waals surface area contributed by atoms with Gasteiger partial charge in [-0.3, -0.25) is 0 Å². The average Bonchev–Trinajstić information content (AvgIpc) is 2.00. The van der Waals surface area contributed by atoms with Gasteiger partial charge in [-0.1, -0.05) is 38.3 Å². The molecule has 13 heavy (non-hydrogen) atoms. The summed E-state index contributed by atoms with van der Waals surface area (Å²) >= 11 is 1.69. The Hall–Kier alpha value is 0.0369. The summed E-state index contributed by atoms with van der Waals surface area (Å²) in [4.78, 5) is 4.49. The molecule has 0 heterocycles. The Morgan fingerprint density at radius 3 is 2.31 bits per heavy atom. The maximum atomic E-state index is 5.41. The van der Waals surface area contributed by atoms with Crippen molar-refractivity contribution in [2.24, 2.45) is 4.99 Å². The summed E-state index contributed by atoms with van der Waals surface area (Å²) < 4.78 is 5.41. The molecule has 0 radical (unpaired) electrons. The van der Waals surface area contributed by atoms with Crippen molar-refractivity contribution in [2.75, 3.05) is 18.5 Å². The van der Waals surface area contributed by atoms with E-state index >= 15 is 0 Å². The minimum absolute atomic E-state index is 0.720. The van der Waals surface area contributed by atoms with Crippen molar-refractivity contribution < 1.29 is 4.74 Å². The molecule has 0 fully saturated rings. The van der Waals surface area contributed by atoms with Gasteiger partial charge < -0.3 is 4.74 Å². The summed E-state index contributed by atoms with van der Waals surface area (Å²) in [7, 11) is -1.06. The van der Waals surface area contributed by atoms with Gasteiger partial charge in [0.25, 0.3) is 0 Å². The molecule has 0 aromatic heterocycles. The molecule has 0 saturated heterocycles. The van der Waals surface area contributed by atoms with Gasteiger partial charge in [-0.2, -0.15) is 0 Å². The maximum Gasteiger partial charge on any atom is 0.245 e. The zero-order valence-electron chi connectivity index (χ0n) is 9.39. The molecule has 0 saturated carbocycles. The molecule has 4 heteroatoms. The molecule has 0 rings (SSSR count). The molecule has 0 bridgehead atoms. The van der Waals surface area contributed by atoms with Crippen LogP contribution in [0.25, 0.3) is 0 Å². The second kappa shape index (κ2) is 6.48. The third kappa shape index (κ3) is 8.37. The van der Waals surface area contributed by atoms with E-state index < -0.39 is 8.07 Å². The Morgan fingerprint density at radius 2 is 1.92 bits per heavy atom. The van der Waals surface area contributed by atoms with Crippen LogP contribution in [0, 0.1) is 0 Å². The molecule has 2 nitrogen and oxygen atoms in total. The number of hydrogen-bond donors (Lipinski definition) is 0. The molecule has 0 amide bonds. The lowest BCUT2D eigenvalue weighted by atomic mass is 10.9. The standard InChI is InChI=1S/C9H21NOSSi/c1-6-11-9(12-7-2)10-8-13(3,4)5/h6-8H2,1-5H3/b10-9+. The van der Waals surface area contributed by atoms with E-state index in [1.807, 2.05) is 6.92 Å². The van der Waals surface area contributed by atoms with Crippen LogP contribution in [0.2, 0.25) is 19.6 Å². The summed E-state index contributed by atoms with van der Waals surface area (Å²) in [6.45, 7) is 11.8. The molecular formula is C9H21NOSSi. The van der Waals surface area contributed by atoms with Crippen LogP contribution in [0.15, 0.2) is 4.99 Å². The predicted octanol–water partition coefficient (Wildman–Crippen LogP) is 3.01. The van der Waals surface area contributed by atoms with E-state index in [1.165, 1.54) is 0 Å². The Balaban J connectivity index is 4.02. The lowest BCUT2D eigenvalue weighted by molar-refractivity contribution is 0.337. The third-order valence-corrected chi connectivity index (χ3v) is 3.11. The Bertz CT molecular complexity index is 157. The molecule has 0 aliphatic heterocycles. The van der Waals surface area contributed by atoms with Gasteiger partial charge in [0.05, 0.1) is 14.7 Å². The molecule has 0 aromatic carbocycles. The molecule has 0 atom stereocenters. The van der Waals surface area contributed by atoms with E-state index in [9.17, 15) is 0 Å². The van der Waals surface area contributed by atoms with Crippen LogP contribution in [0.5, 0.6) is 0 Å². The molecule has 0 unspecified atom stereocenters. The molecule has 0 aliphatic carbocycles.